The van der Waals surface area contributed by atoms with Crippen LogP contribution in [0, 0.1) is 17.1 Å². The number of benzene rings is 2. The third-order valence-corrected chi connectivity index (χ3v) is 2.77. The van der Waals surface area contributed by atoms with E-state index in [1.54, 1.807) is 0 Å². The van der Waals surface area contributed by atoms with Crippen molar-refractivity contribution in [2.45, 2.75) is 0 Å². The van der Waals surface area contributed by atoms with Gasteiger partial charge in [-0.25, -0.2) is 9.18 Å². The highest BCUT2D eigenvalue weighted by Crippen LogP contribution is 2.28. The van der Waals surface area contributed by atoms with E-state index in [0.29, 0.717) is 5.56 Å². The molecule has 1 N–H and O–H groups in total. The summed E-state index contributed by atoms with van der Waals surface area (Å²) >= 11 is 5.82. The van der Waals surface area contributed by atoms with Crippen molar-refractivity contribution in [2.75, 3.05) is 0 Å². The van der Waals surface area contributed by atoms with Gasteiger partial charge in [-0.3, -0.25) is 0 Å². The molecule has 0 spiro atoms. The highest BCUT2D eigenvalue weighted by atomic mass is 35.5. The van der Waals surface area contributed by atoms with Crippen molar-refractivity contribution < 1.29 is 14.3 Å². The fourth-order valence-corrected chi connectivity index (χ4v) is 1.92. The number of carboxylic acid groups (broad SMARTS) is 1. The second-order valence-electron chi connectivity index (χ2n) is 3.84. The molecule has 2 aromatic rings. The SMILES string of the molecule is N#Cc1ccc(F)c(-c2cc(Cl)cc(C(=O)O)c2)c1. The quantitative estimate of drug-likeness (QED) is 0.909. The third-order valence-electron chi connectivity index (χ3n) is 2.55. The number of rotatable bonds is 2. The molecule has 0 atom stereocenters. The Balaban J connectivity index is 2.65. The number of aromatic carboxylic acids is 1. The lowest BCUT2D eigenvalue weighted by Crippen LogP contribution is -1.97. The van der Waals surface area contributed by atoms with Crippen LogP contribution in [0.1, 0.15) is 15.9 Å². The van der Waals surface area contributed by atoms with Crippen molar-refractivity contribution in [1.29, 1.82) is 5.26 Å². The molecule has 19 heavy (non-hydrogen) atoms. The van der Waals surface area contributed by atoms with Gasteiger partial charge < -0.3 is 5.11 Å². The molecule has 0 unspecified atom stereocenters. The summed E-state index contributed by atoms with van der Waals surface area (Å²) in [6, 6.07) is 9.81. The molecule has 0 heterocycles. The molecule has 5 heteroatoms. The predicted octanol–water partition coefficient (Wildman–Crippen LogP) is 3.72. The summed E-state index contributed by atoms with van der Waals surface area (Å²) < 4.78 is 13.8. The van der Waals surface area contributed by atoms with Gasteiger partial charge in [-0.15, -0.1) is 0 Å². The van der Waals surface area contributed by atoms with Gasteiger partial charge in [0, 0.05) is 10.6 Å². The van der Waals surface area contributed by atoms with Crippen LogP contribution in [0.3, 0.4) is 0 Å². The van der Waals surface area contributed by atoms with E-state index in [4.69, 9.17) is 22.0 Å². The van der Waals surface area contributed by atoms with Gasteiger partial charge in [-0.1, -0.05) is 11.6 Å². The van der Waals surface area contributed by atoms with E-state index in [2.05, 4.69) is 0 Å². The molecule has 94 valence electrons. The van der Waals surface area contributed by atoms with E-state index in [1.807, 2.05) is 6.07 Å². The first-order valence-electron chi connectivity index (χ1n) is 5.25. The molecule has 0 aromatic heterocycles. The minimum atomic E-state index is -1.15. The number of carboxylic acids is 1. The van der Waals surface area contributed by atoms with Crippen molar-refractivity contribution in [3.8, 4) is 17.2 Å². The fourth-order valence-electron chi connectivity index (χ4n) is 1.68. The van der Waals surface area contributed by atoms with Crippen LogP contribution in [0.4, 0.5) is 4.39 Å². The van der Waals surface area contributed by atoms with Crippen LogP contribution >= 0.6 is 11.6 Å². The molecule has 0 radical (unpaired) electrons. The van der Waals surface area contributed by atoms with Crippen molar-refractivity contribution >= 4 is 17.6 Å². The molecule has 0 aliphatic rings. The maximum absolute atomic E-state index is 13.8. The van der Waals surface area contributed by atoms with Gasteiger partial charge in [-0.2, -0.15) is 5.26 Å². The van der Waals surface area contributed by atoms with Crippen LogP contribution in [0.5, 0.6) is 0 Å². The molecule has 0 bridgehead atoms. The number of hydrogen-bond acceptors (Lipinski definition) is 2. The Morgan fingerprint density at radius 1 is 1.26 bits per heavy atom. The summed E-state index contributed by atoms with van der Waals surface area (Å²) in [6.45, 7) is 0. The van der Waals surface area contributed by atoms with E-state index in [1.165, 1.54) is 30.3 Å². The zero-order valence-corrected chi connectivity index (χ0v) is 10.3. The molecule has 3 nitrogen and oxygen atoms in total. The van der Waals surface area contributed by atoms with Gasteiger partial charge in [0.2, 0.25) is 0 Å². The second-order valence-corrected chi connectivity index (χ2v) is 4.28. The minimum Gasteiger partial charge on any atom is -0.478 e. The monoisotopic (exact) mass is 275 g/mol. The summed E-state index contributed by atoms with van der Waals surface area (Å²) in [6.07, 6.45) is 0. The minimum absolute atomic E-state index is 0.0377. The lowest BCUT2D eigenvalue weighted by Gasteiger charge is -2.06. The van der Waals surface area contributed by atoms with Crippen LogP contribution in [0.2, 0.25) is 5.02 Å². The lowest BCUT2D eigenvalue weighted by molar-refractivity contribution is 0.0697. The highest BCUT2D eigenvalue weighted by Gasteiger charge is 2.11. The van der Waals surface area contributed by atoms with E-state index in [9.17, 15) is 9.18 Å². The van der Waals surface area contributed by atoms with Gasteiger partial charge in [0.25, 0.3) is 0 Å². The topological polar surface area (TPSA) is 61.1 Å². The van der Waals surface area contributed by atoms with Crippen LogP contribution in [-0.4, -0.2) is 11.1 Å². The average Bonchev–Trinajstić information content (AvgIpc) is 2.38. The first kappa shape index (κ1) is 13.1. The van der Waals surface area contributed by atoms with E-state index >= 15 is 0 Å². The molecule has 2 aromatic carbocycles. The summed E-state index contributed by atoms with van der Waals surface area (Å²) in [4.78, 5) is 10.9. The van der Waals surface area contributed by atoms with Gasteiger partial charge in [0.05, 0.1) is 17.2 Å². The summed E-state index contributed by atoms with van der Waals surface area (Å²) in [7, 11) is 0. The zero-order chi connectivity index (χ0) is 14.0. The Hall–Kier alpha value is -2.38. The van der Waals surface area contributed by atoms with Crippen LogP contribution in [-0.2, 0) is 0 Å². The third kappa shape index (κ3) is 2.72. The average molecular weight is 276 g/mol. The van der Waals surface area contributed by atoms with Crippen LogP contribution < -0.4 is 0 Å². The number of halogens is 2. The predicted molar refractivity (Wildman–Crippen MR) is 68.5 cm³/mol. The Morgan fingerprint density at radius 3 is 2.63 bits per heavy atom. The second kappa shape index (κ2) is 5.09. The van der Waals surface area contributed by atoms with E-state index < -0.39 is 11.8 Å². The van der Waals surface area contributed by atoms with Crippen molar-refractivity contribution in [2.24, 2.45) is 0 Å². The number of nitriles is 1. The number of carbonyl (C=O) groups is 1. The molecule has 0 fully saturated rings. The van der Waals surface area contributed by atoms with Crippen molar-refractivity contribution in [3.05, 3.63) is 58.4 Å². The van der Waals surface area contributed by atoms with Crippen LogP contribution in [0.25, 0.3) is 11.1 Å². The molecule has 0 amide bonds. The summed E-state index contributed by atoms with van der Waals surface area (Å²) in [5.74, 6) is -1.70. The van der Waals surface area contributed by atoms with Crippen molar-refractivity contribution in [1.82, 2.24) is 0 Å². The first-order valence-corrected chi connectivity index (χ1v) is 5.63. The molecule has 2 rings (SSSR count). The standard InChI is InChI=1S/C14H7ClFNO2/c15-11-5-9(4-10(6-11)14(18)19)12-3-8(7-17)1-2-13(12)16/h1-6H,(H,18,19). The van der Waals surface area contributed by atoms with Gasteiger partial charge in [0.15, 0.2) is 0 Å². The molecule has 0 saturated heterocycles. The Bertz CT molecular complexity index is 707. The normalized spacial score (nSPS) is 9.95. The molecule has 0 aliphatic heterocycles. The zero-order valence-electron chi connectivity index (χ0n) is 9.52. The Morgan fingerprint density at radius 2 is 2.00 bits per heavy atom. The smallest absolute Gasteiger partial charge is 0.335 e. The number of nitrogens with zero attached hydrogens (tertiary/aromatic N) is 1. The van der Waals surface area contributed by atoms with Gasteiger partial charge in [-0.05, 0) is 42.0 Å². The maximum Gasteiger partial charge on any atom is 0.335 e. The largest absolute Gasteiger partial charge is 0.478 e. The van der Waals surface area contributed by atoms with Crippen LogP contribution in [0.15, 0.2) is 36.4 Å². The number of hydrogen-bond donors (Lipinski definition) is 1. The molecular formula is C14H7ClFNO2. The fraction of sp³-hybridized carbons (Fsp3) is 0. The maximum atomic E-state index is 13.8. The molecule has 0 saturated carbocycles. The van der Waals surface area contributed by atoms with Gasteiger partial charge in [0.1, 0.15) is 5.82 Å². The molecule has 0 aliphatic carbocycles. The van der Waals surface area contributed by atoms with Crippen molar-refractivity contribution in [3.63, 3.8) is 0 Å². The highest BCUT2D eigenvalue weighted by molar-refractivity contribution is 6.31. The Labute approximate surface area is 113 Å². The molecular weight excluding hydrogens is 269 g/mol. The summed E-state index contributed by atoms with van der Waals surface area (Å²) in [5, 5.41) is 17.9. The summed E-state index contributed by atoms with van der Waals surface area (Å²) in [5.41, 5.74) is 0.709. The lowest BCUT2D eigenvalue weighted by atomic mass is 10.0. The Kier molecular flexibility index (Phi) is 3.50. The van der Waals surface area contributed by atoms with E-state index in [-0.39, 0.29) is 21.7 Å². The van der Waals surface area contributed by atoms with E-state index in [0.717, 1.165) is 6.07 Å². The first-order chi connectivity index (χ1) is 9.01. The van der Waals surface area contributed by atoms with Gasteiger partial charge >= 0.3 is 5.97 Å².